The van der Waals surface area contributed by atoms with Crippen molar-refractivity contribution in [3.05, 3.63) is 0 Å². The van der Waals surface area contributed by atoms with Crippen molar-refractivity contribution < 1.29 is 20.5 Å². The van der Waals surface area contributed by atoms with Crippen LogP contribution in [0.15, 0.2) is 0 Å². The standard InChI is InChI=1S/CH2O3.H2O.Sn.2H/c2-1(3)4;;;;/h(H2,2,3,4);1H2;;;. The summed E-state index contributed by atoms with van der Waals surface area (Å²) in [5, 5.41) is 13.9. The molecular weight excluding hydrogens is 195 g/mol. The number of carboxylic acid groups (broad SMARTS) is 2. The van der Waals surface area contributed by atoms with Gasteiger partial charge in [-0.1, -0.05) is 0 Å². The average molecular weight is 201 g/mol. The average Bonchev–Trinajstić information content (AvgIpc) is 0.811. The van der Waals surface area contributed by atoms with E-state index in [-0.39, 0.29) is 29.4 Å². The van der Waals surface area contributed by atoms with Crippen molar-refractivity contribution >= 4 is 30.1 Å². The summed E-state index contributed by atoms with van der Waals surface area (Å²) in [6.45, 7) is 0. The zero-order valence-electron chi connectivity index (χ0n) is 3.01. The van der Waals surface area contributed by atoms with Crippen molar-refractivity contribution in [1.29, 1.82) is 0 Å². The molecule has 0 saturated heterocycles. The molecule has 38 valence electrons. The molecular formula is CH6O4Sn. The van der Waals surface area contributed by atoms with Gasteiger partial charge >= 0.3 is 30.1 Å². The van der Waals surface area contributed by atoms with Crippen LogP contribution in [-0.4, -0.2) is 45.8 Å². The summed E-state index contributed by atoms with van der Waals surface area (Å²) in [6.07, 6.45) is -1.83. The molecule has 0 amide bonds. The molecule has 4 nitrogen and oxygen atoms in total. The zero-order valence-corrected chi connectivity index (χ0v) is 7.05. The Morgan fingerprint density at radius 3 is 1.33 bits per heavy atom. The molecule has 0 fully saturated rings. The van der Waals surface area contributed by atoms with Crippen LogP contribution in [0.3, 0.4) is 0 Å². The third-order valence-corrected chi connectivity index (χ3v) is 0. The van der Waals surface area contributed by atoms with E-state index >= 15 is 0 Å². The molecule has 0 spiro atoms. The van der Waals surface area contributed by atoms with Crippen LogP contribution in [0.25, 0.3) is 0 Å². The third kappa shape index (κ3) is 44900. The monoisotopic (exact) mass is 202 g/mol. The van der Waals surface area contributed by atoms with Crippen molar-refractivity contribution in [2.45, 2.75) is 0 Å². The van der Waals surface area contributed by atoms with Crippen LogP contribution in [0, 0.1) is 0 Å². The fourth-order valence-electron chi connectivity index (χ4n) is 0. The van der Waals surface area contributed by atoms with E-state index < -0.39 is 6.16 Å². The number of rotatable bonds is 0. The Kier molecular flexibility index (Phi) is 24.6. The second-order valence-electron chi connectivity index (χ2n) is 0.283. The molecule has 0 aromatic heterocycles. The van der Waals surface area contributed by atoms with Crippen LogP contribution in [0.2, 0.25) is 0 Å². The van der Waals surface area contributed by atoms with Gasteiger partial charge in [0.05, 0.1) is 0 Å². The van der Waals surface area contributed by atoms with E-state index in [1.807, 2.05) is 0 Å². The van der Waals surface area contributed by atoms with Gasteiger partial charge < -0.3 is 15.7 Å². The molecule has 0 saturated carbocycles. The summed E-state index contributed by atoms with van der Waals surface area (Å²) >= 11 is 0. The molecule has 0 heterocycles. The predicted molar refractivity (Wildman–Crippen MR) is 22.8 cm³/mol. The summed E-state index contributed by atoms with van der Waals surface area (Å²) < 4.78 is 0. The summed E-state index contributed by atoms with van der Waals surface area (Å²) in [7, 11) is 0. The number of carbonyl (C=O) groups is 1. The molecule has 0 aliphatic heterocycles. The molecule has 2 radical (unpaired) electrons. The van der Waals surface area contributed by atoms with E-state index in [1.54, 1.807) is 0 Å². The molecule has 0 atom stereocenters. The molecule has 0 aromatic rings. The Morgan fingerprint density at radius 2 is 1.33 bits per heavy atom. The number of hydrogen-bond acceptors (Lipinski definition) is 1. The minimum atomic E-state index is -1.83. The molecule has 0 rings (SSSR count). The van der Waals surface area contributed by atoms with E-state index in [9.17, 15) is 0 Å². The zero-order chi connectivity index (χ0) is 3.58. The normalized spacial score (nSPS) is 4.00. The van der Waals surface area contributed by atoms with Crippen LogP contribution < -0.4 is 0 Å². The molecule has 0 aliphatic carbocycles. The molecule has 0 bridgehead atoms. The summed E-state index contributed by atoms with van der Waals surface area (Å²) in [6, 6.07) is 0. The quantitative estimate of drug-likeness (QED) is 0.466. The number of hydrogen-bond donors (Lipinski definition) is 2. The first kappa shape index (κ1) is 16.6. The van der Waals surface area contributed by atoms with Crippen molar-refractivity contribution in [2.24, 2.45) is 0 Å². The van der Waals surface area contributed by atoms with E-state index in [0.29, 0.717) is 0 Å². The van der Waals surface area contributed by atoms with Gasteiger partial charge in [-0.2, -0.15) is 0 Å². The Balaban J connectivity index is -0.0000000450. The van der Waals surface area contributed by atoms with Gasteiger partial charge in [0.2, 0.25) is 0 Å². The van der Waals surface area contributed by atoms with Gasteiger partial charge in [0.25, 0.3) is 0 Å². The Morgan fingerprint density at radius 1 is 1.33 bits per heavy atom. The maximum atomic E-state index is 8.56. The van der Waals surface area contributed by atoms with Gasteiger partial charge in [0, 0.05) is 0 Å². The first-order chi connectivity index (χ1) is 1.73. The first-order valence-corrected chi connectivity index (χ1v) is 0.651. The van der Waals surface area contributed by atoms with Gasteiger partial charge in [0.1, 0.15) is 0 Å². The van der Waals surface area contributed by atoms with E-state index in [0.717, 1.165) is 0 Å². The van der Waals surface area contributed by atoms with Crippen LogP contribution in [0.4, 0.5) is 4.79 Å². The van der Waals surface area contributed by atoms with E-state index in [4.69, 9.17) is 15.0 Å². The third-order valence-electron chi connectivity index (χ3n) is 0. The molecule has 5 heteroatoms. The van der Waals surface area contributed by atoms with Crippen LogP contribution in [-0.2, 0) is 0 Å². The SMILES string of the molecule is O.O=C(O)O.[SnH2]. The molecule has 4 N–H and O–H groups in total. The summed E-state index contributed by atoms with van der Waals surface area (Å²) in [5.41, 5.74) is 0. The minimum absolute atomic E-state index is 0. The van der Waals surface area contributed by atoms with Crippen molar-refractivity contribution in [2.75, 3.05) is 0 Å². The molecule has 0 aliphatic rings. The van der Waals surface area contributed by atoms with Crippen LogP contribution >= 0.6 is 0 Å². The fraction of sp³-hybridized carbons (Fsp3) is 0. The second-order valence-corrected chi connectivity index (χ2v) is 0.283. The summed E-state index contributed by atoms with van der Waals surface area (Å²) in [4.78, 5) is 8.56. The topological polar surface area (TPSA) is 89.0 Å². The van der Waals surface area contributed by atoms with E-state index in [2.05, 4.69) is 0 Å². The fourth-order valence-corrected chi connectivity index (χ4v) is 0. The van der Waals surface area contributed by atoms with Gasteiger partial charge in [-0.15, -0.1) is 0 Å². The van der Waals surface area contributed by atoms with Gasteiger partial charge in [-0.3, -0.25) is 0 Å². The van der Waals surface area contributed by atoms with Crippen LogP contribution in [0.1, 0.15) is 0 Å². The maximum absolute atomic E-state index is 8.56. The Labute approximate surface area is 51.0 Å². The Hall–Kier alpha value is 0.0287. The molecule has 0 aromatic carbocycles. The van der Waals surface area contributed by atoms with Gasteiger partial charge in [0.15, 0.2) is 0 Å². The molecule has 0 unspecified atom stereocenters. The van der Waals surface area contributed by atoms with Crippen molar-refractivity contribution in [1.82, 2.24) is 0 Å². The van der Waals surface area contributed by atoms with Crippen LogP contribution in [0.5, 0.6) is 0 Å². The second kappa shape index (κ2) is 8.90. The molecule has 6 heavy (non-hydrogen) atoms. The van der Waals surface area contributed by atoms with E-state index in [1.165, 1.54) is 0 Å². The Bertz CT molecular complexity index is 30.5. The van der Waals surface area contributed by atoms with Gasteiger partial charge in [-0.05, 0) is 0 Å². The van der Waals surface area contributed by atoms with Gasteiger partial charge in [-0.25, -0.2) is 4.79 Å². The predicted octanol–water partition coefficient (Wildman–Crippen LogP) is -1.52. The first-order valence-electron chi connectivity index (χ1n) is 0.651. The van der Waals surface area contributed by atoms with Crippen molar-refractivity contribution in [3.8, 4) is 0 Å². The van der Waals surface area contributed by atoms with Crippen molar-refractivity contribution in [3.63, 3.8) is 0 Å². The summed E-state index contributed by atoms with van der Waals surface area (Å²) in [5.74, 6) is 0.